The molecule has 0 aliphatic heterocycles. The molecule has 0 spiro atoms. The van der Waals surface area contributed by atoms with E-state index in [1.54, 1.807) is 0 Å². The van der Waals surface area contributed by atoms with Gasteiger partial charge in [0.1, 0.15) is 0 Å². The Morgan fingerprint density at radius 2 is 2.14 bits per heavy atom. The molecule has 5 nitrogen and oxygen atoms in total. The van der Waals surface area contributed by atoms with Crippen LogP contribution in [0.25, 0.3) is 0 Å². The third-order valence-electron chi connectivity index (χ3n) is 3.35. The van der Waals surface area contributed by atoms with E-state index in [0.29, 0.717) is 11.6 Å². The van der Waals surface area contributed by atoms with E-state index in [1.807, 2.05) is 39.0 Å². The number of amides is 1. The number of nitrogens with zero attached hydrogens (tertiary/aromatic N) is 1. The van der Waals surface area contributed by atoms with E-state index < -0.39 is 0 Å². The summed E-state index contributed by atoms with van der Waals surface area (Å²) >= 11 is 1.22. The van der Waals surface area contributed by atoms with Gasteiger partial charge in [-0.15, -0.1) is 0 Å². The van der Waals surface area contributed by atoms with Crippen LogP contribution in [0.2, 0.25) is 0 Å². The molecule has 0 unspecified atom stereocenters. The van der Waals surface area contributed by atoms with Crippen molar-refractivity contribution in [2.24, 2.45) is 0 Å². The first-order valence-corrected chi connectivity index (χ1v) is 8.07. The highest BCUT2D eigenvalue weighted by Crippen LogP contribution is 2.19. The van der Waals surface area contributed by atoms with Crippen molar-refractivity contribution < 1.29 is 4.79 Å². The third kappa shape index (κ3) is 4.21. The number of thioether (sulfide) groups is 1. The summed E-state index contributed by atoms with van der Waals surface area (Å²) in [4.78, 5) is 30.4. The number of aromatic amines is 1. The molecule has 0 bridgehead atoms. The van der Waals surface area contributed by atoms with Gasteiger partial charge in [0.05, 0.1) is 5.75 Å². The molecule has 0 radical (unpaired) electrons. The number of nitrogens with one attached hydrogen (secondary N) is 2. The molecular formula is C16H19N3O2S. The Morgan fingerprint density at radius 1 is 1.36 bits per heavy atom. The Labute approximate surface area is 133 Å². The van der Waals surface area contributed by atoms with Crippen LogP contribution in [0.5, 0.6) is 0 Å². The summed E-state index contributed by atoms with van der Waals surface area (Å²) in [5, 5.41) is 3.36. The number of benzene rings is 1. The lowest BCUT2D eigenvalue weighted by Crippen LogP contribution is -2.16. The Hall–Kier alpha value is -2.08. The van der Waals surface area contributed by atoms with Gasteiger partial charge in [-0.05, 0) is 37.5 Å². The second kappa shape index (κ2) is 7.26. The number of carbonyl (C=O) groups excluding carboxylic acids is 1. The second-order valence-corrected chi connectivity index (χ2v) is 5.94. The normalized spacial score (nSPS) is 10.5. The number of hydrogen-bond donors (Lipinski definition) is 2. The molecule has 1 amide bonds. The highest BCUT2D eigenvalue weighted by Gasteiger charge is 2.08. The van der Waals surface area contributed by atoms with Crippen LogP contribution in [-0.4, -0.2) is 21.6 Å². The molecule has 1 heterocycles. The number of carbonyl (C=O) groups is 1. The summed E-state index contributed by atoms with van der Waals surface area (Å²) in [5.74, 6) is 0.0759. The molecule has 2 rings (SSSR count). The number of hydrogen-bond acceptors (Lipinski definition) is 4. The molecule has 2 aromatic rings. The van der Waals surface area contributed by atoms with Gasteiger partial charge >= 0.3 is 0 Å². The van der Waals surface area contributed by atoms with Gasteiger partial charge in [0.15, 0.2) is 5.16 Å². The van der Waals surface area contributed by atoms with Crippen molar-refractivity contribution >= 4 is 23.4 Å². The zero-order chi connectivity index (χ0) is 16.1. The van der Waals surface area contributed by atoms with Gasteiger partial charge in [-0.2, -0.15) is 0 Å². The van der Waals surface area contributed by atoms with Crippen LogP contribution in [-0.2, 0) is 11.2 Å². The molecule has 0 saturated heterocycles. The predicted octanol–water partition coefficient (Wildman–Crippen LogP) is 2.68. The van der Waals surface area contributed by atoms with Crippen LogP contribution in [0.3, 0.4) is 0 Å². The van der Waals surface area contributed by atoms with Crippen LogP contribution in [0.4, 0.5) is 5.69 Å². The fourth-order valence-electron chi connectivity index (χ4n) is 1.94. The van der Waals surface area contributed by atoms with E-state index in [9.17, 15) is 9.59 Å². The van der Waals surface area contributed by atoms with Gasteiger partial charge in [-0.3, -0.25) is 9.59 Å². The zero-order valence-electron chi connectivity index (χ0n) is 12.9. The Bertz CT molecular complexity index is 740. The van der Waals surface area contributed by atoms with Crippen LogP contribution < -0.4 is 10.9 Å². The second-order valence-electron chi connectivity index (χ2n) is 4.98. The first-order valence-electron chi connectivity index (χ1n) is 7.08. The van der Waals surface area contributed by atoms with Crippen LogP contribution in [0.1, 0.15) is 23.7 Å². The number of aryl methyl sites for hydroxylation is 2. The van der Waals surface area contributed by atoms with Crippen molar-refractivity contribution in [1.82, 2.24) is 9.97 Å². The van der Waals surface area contributed by atoms with E-state index >= 15 is 0 Å². The maximum Gasteiger partial charge on any atom is 0.251 e. The predicted molar refractivity (Wildman–Crippen MR) is 89.5 cm³/mol. The highest BCUT2D eigenvalue weighted by atomic mass is 32.2. The van der Waals surface area contributed by atoms with E-state index in [-0.39, 0.29) is 17.2 Å². The number of rotatable bonds is 5. The molecule has 2 N–H and O–H groups in total. The number of anilines is 1. The van der Waals surface area contributed by atoms with Gasteiger partial charge in [0.25, 0.3) is 5.56 Å². The Kier molecular flexibility index (Phi) is 5.38. The van der Waals surface area contributed by atoms with Crippen LogP contribution in [0, 0.1) is 13.8 Å². The van der Waals surface area contributed by atoms with Crippen molar-refractivity contribution in [3.63, 3.8) is 0 Å². The largest absolute Gasteiger partial charge is 0.325 e. The van der Waals surface area contributed by atoms with Gasteiger partial charge in [0.2, 0.25) is 5.91 Å². The standard InChI is InChI=1S/C16H19N3O2S/c1-4-12-8-14(20)19-16(17-12)22-9-15(21)18-13-7-5-6-10(2)11(13)3/h5-8H,4,9H2,1-3H3,(H,18,21)(H,17,19,20). The lowest BCUT2D eigenvalue weighted by atomic mass is 10.1. The summed E-state index contributed by atoms with van der Waals surface area (Å²) < 4.78 is 0. The van der Waals surface area contributed by atoms with E-state index in [2.05, 4.69) is 15.3 Å². The summed E-state index contributed by atoms with van der Waals surface area (Å²) in [5.41, 5.74) is 3.53. The molecule has 1 aromatic carbocycles. The van der Waals surface area contributed by atoms with Crippen molar-refractivity contribution in [3.05, 3.63) is 51.4 Å². The molecule has 6 heteroatoms. The summed E-state index contributed by atoms with van der Waals surface area (Å²) in [6, 6.07) is 7.27. The molecule has 0 aliphatic rings. The topological polar surface area (TPSA) is 74.8 Å². The Morgan fingerprint density at radius 3 is 2.86 bits per heavy atom. The smallest absolute Gasteiger partial charge is 0.251 e. The first-order chi connectivity index (χ1) is 10.5. The number of H-pyrrole nitrogens is 1. The molecule has 0 aliphatic carbocycles. The molecular weight excluding hydrogens is 298 g/mol. The maximum absolute atomic E-state index is 12.0. The van der Waals surface area contributed by atoms with E-state index in [1.165, 1.54) is 17.8 Å². The fourth-order valence-corrected chi connectivity index (χ4v) is 2.63. The molecule has 0 atom stereocenters. The van der Waals surface area contributed by atoms with Gasteiger partial charge < -0.3 is 10.3 Å². The third-order valence-corrected chi connectivity index (χ3v) is 4.23. The number of aromatic nitrogens is 2. The summed E-state index contributed by atoms with van der Waals surface area (Å²) in [7, 11) is 0. The monoisotopic (exact) mass is 317 g/mol. The van der Waals surface area contributed by atoms with E-state index in [0.717, 1.165) is 22.5 Å². The first kappa shape index (κ1) is 16.3. The minimum absolute atomic E-state index is 0.122. The molecule has 22 heavy (non-hydrogen) atoms. The SMILES string of the molecule is CCc1cc(=O)[nH]c(SCC(=O)Nc2cccc(C)c2C)n1. The van der Waals surface area contributed by atoms with Crippen molar-refractivity contribution in [1.29, 1.82) is 0 Å². The molecule has 0 saturated carbocycles. The van der Waals surface area contributed by atoms with Gasteiger partial charge in [0, 0.05) is 17.4 Å². The lowest BCUT2D eigenvalue weighted by Gasteiger charge is -2.10. The van der Waals surface area contributed by atoms with Crippen molar-refractivity contribution in [2.75, 3.05) is 11.1 Å². The lowest BCUT2D eigenvalue weighted by molar-refractivity contribution is -0.113. The Balaban J connectivity index is 2.00. The average Bonchev–Trinajstić information content (AvgIpc) is 2.49. The molecule has 116 valence electrons. The fraction of sp³-hybridized carbons (Fsp3) is 0.312. The van der Waals surface area contributed by atoms with Gasteiger partial charge in [-0.25, -0.2) is 4.98 Å². The molecule has 1 aromatic heterocycles. The summed E-state index contributed by atoms with van der Waals surface area (Å²) in [6.07, 6.45) is 0.687. The average molecular weight is 317 g/mol. The minimum atomic E-state index is -0.190. The van der Waals surface area contributed by atoms with Crippen LogP contribution in [0.15, 0.2) is 34.2 Å². The van der Waals surface area contributed by atoms with Gasteiger partial charge in [-0.1, -0.05) is 30.8 Å². The van der Waals surface area contributed by atoms with Crippen LogP contribution >= 0.6 is 11.8 Å². The quantitative estimate of drug-likeness (QED) is 0.657. The highest BCUT2D eigenvalue weighted by molar-refractivity contribution is 7.99. The molecule has 0 fully saturated rings. The minimum Gasteiger partial charge on any atom is -0.325 e. The summed E-state index contributed by atoms with van der Waals surface area (Å²) in [6.45, 7) is 5.91. The maximum atomic E-state index is 12.0. The van der Waals surface area contributed by atoms with Crippen molar-refractivity contribution in [2.45, 2.75) is 32.3 Å². The van der Waals surface area contributed by atoms with Crippen molar-refractivity contribution in [3.8, 4) is 0 Å². The zero-order valence-corrected chi connectivity index (χ0v) is 13.7. The van der Waals surface area contributed by atoms with E-state index in [4.69, 9.17) is 0 Å².